The van der Waals surface area contributed by atoms with Gasteiger partial charge < -0.3 is 15.5 Å². The van der Waals surface area contributed by atoms with Gasteiger partial charge in [0.05, 0.1) is 5.56 Å². The summed E-state index contributed by atoms with van der Waals surface area (Å²) in [5, 5.41) is 3.90. The number of furan rings is 1. The third kappa shape index (κ3) is 2.79. The molecule has 0 saturated heterocycles. The van der Waals surface area contributed by atoms with Gasteiger partial charge in [0.1, 0.15) is 11.8 Å². The summed E-state index contributed by atoms with van der Waals surface area (Å²) in [6.07, 6.45) is 3.11. The van der Waals surface area contributed by atoms with Crippen molar-refractivity contribution in [1.82, 2.24) is 5.32 Å². The van der Waals surface area contributed by atoms with Crippen molar-refractivity contribution in [3.8, 4) is 0 Å². The van der Waals surface area contributed by atoms with Crippen LogP contribution in [0, 0.1) is 0 Å². The van der Waals surface area contributed by atoms with Crippen molar-refractivity contribution in [3.63, 3.8) is 0 Å². The first-order valence-electron chi connectivity index (χ1n) is 6.58. The molecule has 0 aliphatic rings. The van der Waals surface area contributed by atoms with E-state index in [1.54, 1.807) is 0 Å². The van der Waals surface area contributed by atoms with Gasteiger partial charge in [0, 0.05) is 10.9 Å². The first-order chi connectivity index (χ1) is 9.09. The highest BCUT2D eigenvalue weighted by molar-refractivity contribution is 6.06. The van der Waals surface area contributed by atoms with Gasteiger partial charge in [-0.2, -0.15) is 0 Å². The van der Waals surface area contributed by atoms with Crippen LogP contribution in [0.4, 0.5) is 0 Å². The fourth-order valence-corrected chi connectivity index (χ4v) is 2.14. The van der Waals surface area contributed by atoms with Gasteiger partial charge in [-0.3, -0.25) is 4.79 Å². The molecule has 4 heteroatoms. The molecule has 0 aliphatic heterocycles. The molecule has 1 amide bonds. The van der Waals surface area contributed by atoms with Crippen molar-refractivity contribution in [2.75, 3.05) is 6.54 Å². The van der Waals surface area contributed by atoms with E-state index in [0.29, 0.717) is 12.1 Å². The number of benzene rings is 1. The van der Waals surface area contributed by atoms with Crippen molar-refractivity contribution in [1.29, 1.82) is 0 Å². The van der Waals surface area contributed by atoms with Crippen LogP contribution in [0.1, 0.15) is 37.0 Å². The summed E-state index contributed by atoms with van der Waals surface area (Å²) in [5.41, 5.74) is 6.63. The predicted octanol–water partition coefficient (Wildman–Crippen LogP) is 2.68. The molecule has 0 saturated carbocycles. The van der Waals surface area contributed by atoms with E-state index in [1.165, 1.54) is 6.26 Å². The van der Waals surface area contributed by atoms with Crippen LogP contribution in [0.5, 0.6) is 0 Å². The molecule has 0 fully saturated rings. The second-order valence-electron chi connectivity index (χ2n) is 5.05. The molecule has 0 aliphatic carbocycles. The Kier molecular flexibility index (Phi) is 3.90. The van der Waals surface area contributed by atoms with Crippen molar-refractivity contribution in [3.05, 3.63) is 36.1 Å². The Labute approximate surface area is 113 Å². The van der Waals surface area contributed by atoms with Crippen LogP contribution < -0.4 is 11.1 Å². The smallest absolute Gasteiger partial charge is 0.255 e. The van der Waals surface area contributed by atoms with E-state index in [2.05, 4.69) is 5.32 Å². The minimum Gasteiger partial charge on any atom is -0.463 e. The molecule has 1 atom stereocenters. The predicted molar refractivity (Wildman–Crippen MR) is 76.0 cm³/mol. The number of fused-ring (bicyclic) bond motifs is 1. The summed E-state index contributed by atoms with van der Waals surface area (Å²) in [6, 6.07) is 7.52. The van der Waals surface area contributed by atoms with Crippen LogP contribution >= 0.6 is 0 Å². The van der Waals surface area contributed by atoms with Gasteiger partial charge in [-0.15, -0.1) is 0 Å². The molecule has 1 aromatic carbocycles. The second kappa shape index (κ2) is 5.45. The fraction of sp³-hybridized carbons (Fsp3) is 0.400. The van der Waals surface area contributed by atoms with Crippen LogP contribution in [-0.4, -0.2) is 18.0 Å². The number of hydrogen-bond donors (Lipinski definition) is 2. The molecular weight excluding hydrogens is 240 g/mol. The zero-order chi connectivity index (χ0) is 13.9. The topological polar surface area (TPSA) is 68.3 Å². The molecule has 102 valence electrons. The highest BCUT2D eigenvalue weighted by Crippen LogP contribution is 2.22. The van der Waals surface area contributed by atoms with Gasteiger partial charge in [-0.25, -0.2) is 0 Å². The summed E-state index contributed by atoms with van der Waals surface area (Å²) in [4.78, 5) is 12.4. The van der Waals surface area contributed by atoms with Crippen LogP contribution in [0.25, 0.3) is 11.0 Å². The summed E-state index contributed by atoms with van der Waals surface area (Å²) in [6.45, 7) is 4.61. The Bertz CT molecular complexity index is 576. The Morgan fingerprint density at radius 3 is 2.84 bits per heavy atom. The molecule has 3 N–H and O–H groups in total. The maximum Gasteiger partial charge on any atom is 0.255 e. The average Bonchev–Trinajstić information content (AvgIpc) is 2.83. The van der Waals surface area contributed by atoms with Gasteiger partial charge in [-0.05, 0) is 32.4 Å². The number of carbonyl (C=O) groups is 1. The monoisotopic (exact) mass is 260 g/mol. The maximum atomic E-state index is 12.4. The lowest BCUT2D eigenvalue weighted by molar-refractivity contribution is 0.0901. The molecule has 0 spiro atoms. The molecular formula is C15H20N2O2. The maximum absolute atomic E-state index is 12.4. The molecule has 1 unspecified atom stereocenters. The summed E-state index contributed by atoms with van der Waals surface area (Å²) in [5.74, 6) is -0.109. The lowest BCUT2D eigenvalue weighted by Gasteiger charge is -2.29. The second-order valence-corrected chi connectivity index (χ2v) is 5.05. The molecule has 4 nitrogen and oxygen atoms in total. The number of hydrogen-bond acceptors (Lipinski definition) is 3. The largest absolute Gasteiger partial charge is 0.463 e. The lowest BCUT2D eigenvalue weighted by Crippen LogP contribution is -2.46. The molecule has 2 aromatic rings. The standard InChI is InChI=1S/C15H20N2O2/c1-3-15(2,8-9-16)17-14(18)12-10-19-13-7-5-4-6-11(12)13/h4-7,10H,3,8-9,16H2,1-2H3,(H,17,18). The van der Waals surface area contributed by atoms with Gasteiger partial charge in [0.2, 0.25) is 0 Å². The van der Waals surface area contributed by atoms with Gasteiger partial charge >= 0.3 is 0 Å². The van der Waals surface area contributed by atoms with Gasteiger partial charge in [-0.1, -0.05) is 25.1 Å². The van der Waals surface area contributed by atoms with E-state index < -0.39 is 0 Å². The van der Waals surface area contributed by atoms with Crippen LogP contribution in [0.15, 0.2) is 34.9 Å². The highest BCUT2D eigenvalue weighted by Gasteiger charge is 2.25. The lowest BCUT2D eigenvalue weighted by atomic mass is 9.94. The zero-order valence-electron chi connectivity index (χ0n) is 11.4. The van der Waals surface area contributed by atoms with Crippen molar-refractivity contribution < 1.29 is 9.21 Å². The molecule has 1 heterocycles. The number of amides is 1. The Morgan fingerprint density at radius 1 is 1.42 bits per heavy atom. The SMILES string of the molecule is CCC(C)(CCN)NC(=O)c1coc2ccccc12. The summed E-state index contributed by atoms with van der Waals surface area (Å²) in [7, 11) is 0. The van der Waals surface area contributed by atoms with E-state index in [1.807, 2.05) is 38.1 Å². The molecule has 0 bridgehead atoms. The van der Waals surface area contributed by atoms with Crippen LogP contribution in [0.3, 0.4) is 0 Å². The first kappa shape index (κ1) is 13.6. The quantitative estimate of drug-likeness (QED) is 0.868. The number of nitrogens with one attached hydrogen (secondary N) is 1. The molecule has 2 rings (SSSR count). The Hall–Kier alpha value is -1.81. The molecule has 19 heavy (non-hydrogen) atoms. The normalized spacial score (nSPS) is 14.3. The van der Waals surface area contributed by atoms with Crippen LogP contribution in [-0.2, 0) is 0 Å². The van der Waals surface area contributed by atoms with Crippen molar-refractivity contribution >= 4 is 16.9 Å². The molecule has 1 aromatic heterocycles. The van der Waals surface area contributed by atoms with E-state index in [0.717, 1.165) is 23.8 Å². The zero-order valence-corrected chi connectivity index (χ0v) is 11.4. The third-order valence-corrected chi connectivity index (χ3v) is 3.62. The van der Waals surface area contributed by atoms with E-state index >= 15 is 0 Å². The van der Waals surface area contributed by atoms with Crippen LogP contribution in [0.2, 0.25) is 0 Å². The van der Waals surface area contributed by atoms with E-state index in [4.69, 9.17) is 10.2 Å². The Balaban J connectivity index is 2.24. The minimum absolute atomic E-state index is 0.109. The fourth-order valence-electron chi connectivity index (χ4n) is 2.14. The number of para-hydroxylation sites is 1. The number of carbonyl (C=O) groups excluding carboxylic acids is 1. The van der Waals surface area contributed by atoms with Gasteiger partial charge in [0.15, 0.2) is 0 Å². The third-order valence-electron chi connectivity index (χ3n) is 3.62. The van der Waals surface area contributed by atoms with Crippen molar-refractivity contribution in [2.24, 2.45) is 5.73 Å². The van der Waals surface area contributed by atoms with Crippen molar-refractivity contribution in [2.45, 2.75) is 32.2 Å². The molecule has 0 radical (unpaired) electrons. The Morgan fingerprint density at radius 2 is 2.16 bits per heavy atom. The van der Waals surface area contributed by atoms with E-state index in [9.17, 15) is 4.79 Å². The highest BCUT2D eigenvalue weighted by atomic mass is 16.3. The van der Waals surface area contributed by atoms with Gasteiger partial charge in [0.25, 0.3) is 5.91 Å². The number of nitrogens with two attached hydrogens (primary N) is 1. The summed E-state index contributed by atoms with van der Waals surface area (Å²) >= 11 is 0. The average molecular weight is 260 g/mol. The number of rotatable bonds is 5. The summed E-state index contributed by atoms with van der Waals surface area (Å²) < 4.78 is 5.39. The minimum atomic E-state index is -0.274. The van der Waals surface area contributed by atoms with E-state index in [-0.39, 0.29) is 11.4 Å². The first-order valence-corrected chi connectivity index (χ1v) is 6.58.